The molecule has 0 amide bonds. The Morgan fingerprint density at radius 2 is 1.87 bits per heavy atom. The van der Waals surface area contributed by atoms with Crippen molar-refractivity contribution < 1.29 is 17.9 Å². The number of nitrogens with zero attached hydrogens (tertiary/aromatic N) is 1. The zero-order chi connectivity index (χ0) is 15.9. The molecule has 1 saturated carbocycles. The SMILES string of the molecule is O=S(=O)(Nc1cccnc1C1CC1)c1ccc2c(c1)OCCO2. The lowest BCUT2D eigenvalue weighted by atomic mass is 10.2. The van der Waals surface area contributed by atoms with E-state index in [0.717, 1.165) is 18.5 Å². The number of hydrogen-bond acceptors (Lipinski definition) is 5. The number of nitrogens with one attached hydrogen (secondary N) is 1. The van der Waals surface area contributed by atoms with Gasteiger partial charge in [-0.05, 0) is 37.1 Å². The van der Waals surface area contributed by atoms with Gasteiger partial charge in [-0.3, -0.25) is 9.71 Å². The fourth-order valence-electron chi connectivity index (χ4n) is 2.58. The van der Waals surface area contributed by atoms with E-state index in [9.17, 15) is 8.42 Å². The number of pyridine rings is 1. The molecule has 2 aliphatic rings. The smallest absolute Gasteiger partial charge is 0.262 e. The average Bonchev–Trinajstić information content (AvgIpc) is 3.39. The highest BCUT2D eigenvalue weighted by atomic mass is 32.2. The molecule has 1 aliphatic carbocycles. The summed E-state index contributed by atoms with van der Waals surface area (Å²) in [4.78, 5) is 4.46. The van der Waals surface area contributed by atoms with Gasteiger partial charge in [-0.1, -0.05) is 0 Å². The molecule has 0 radical (unpaired) electrons. The van der Waals surface area contributed by atoms with Gasteiger partial charge in [0.2, 0.25) is 0 Å². The second-order valence-corrected chi connectivity index (χ2v) is 7.30. The summed E-state index contributed by atoms with van der Waals surface area (Å²) in [7, 11) is -3.70. The fourth-order valence-corrected chi connectivity index (χ4v) is 3.67. The zero-order valence-electron chi connectivity index (χ0n) is 12.4. The van der Waals surface area contributed by atoms with Gasteiger partial charge in [0.05, 0.1) is 16.3 Å². The molecule has 1 N–H and O–H groups in total. The first kappa shape index (κ1) is 14.3. The number of rotatable bonds is 4. The molecule has 0 unspecified atom stereocenters. The van der Waals surface area contributed by atoms with E-state index in [2.05, 4.69) is 9.71 Å². The monoisotopic (exact) mass is 332 g/mol. The Hall–Kier alpha value is -2.28. The third kappa shape index (κ3) is 2.84. The Bertz CT molecular complexity index is 847. The molecule has 4 rings (SSSR count). The van der Waals surface area contributed by atoms with Crippen molar-refractivity contribution in [3.05, 3.63) is 42.2 Å². The van der Waals surface area contributed by atoms with E-state index in [0.29, 0.717) is 36.3 Å². The van der Waals surface area contributed by atoms with E-state index in [1.807, 2.05) is 0 Å². The van der Waals surface area contributed by atoms with Crippen molar-refractivity contribution in [3.8, 4) is 11.5 Å². The van der Waals surface area contributed by atoms with Crippen LogP contribution in [0, 0.1) is 0 Å². The van der Waals surface area contributed by atoms with Gasteiger partial charge in [-0.25, -0.2) is 8.42 Å². The van der Waals surface area contributed by atoms with Gasteiger partial charge in [0.1, 0.15) is 13.2 Å². The molecule has 0 saturated heterocycles. The molecule has 2 heterocycles. The van der Waals surface area contributed by atoms with Crippen LogP contribution in [0.2, 0.25) is 0 Å². The van der Waals surface area contributed by atoms with Gasteiger partial charge in [0.25, 0.3) is 10.0 Å². The highest BCUT2D eigenvalue weighted by Gasteiger charge is 2.29. The Labute approximate surface area is 134 Å². The van der Waals surface area contributed by atoms with Crippen molar-refractivity contribution >= 4 is 15.7 Å². The molecule has 6 nitrogen and oxygen atoms in total. The quantitative estimate of drug-likeness (QED) is 0.931. The van der Waals surface area contributed by atoms with E-state index in [1.165, 1.54) is 12.1 Å². The highest BCUT2D eigenvalue weighted by molar-refractivity contribution is 7.92. The second-order valence-electron chi connectivity index (χ2n) is 5.62. The van der Waals surface area contributed by atoms with E-state index in [1.54, 1.807) is 24.4 Å². The molecule has 0 atom stereocenters. The first-order chi connectivity index (χ1) is 11.1. The molecule has 0 spiro atoms. The van der Waals surface area contributed by atoms with Crippen LogP contribution in [-0.2, 0) is 10.0 Å². The third-order valence-corrected chi connectivity index (χ3v) is 5.23. The van der Waals surface area contributed by atoms with Crippen LogP contribution in [0.1, 0.15) is 24.5 Å². The van der Waals surface area contributed by atoms with Crippen LogP contribution >= 0.6 is 0 Å². The van der Waals surface area contributed by atoms with Gasteiger partial charge in [0, 0.05) is 18.2 Å². The van der Waals surface area contributed by atoms with Crippen molar-refractivity contribution in [3.63, 3.8) is 0 Å². The minimum absolute atomic E-state index is 0.146. The second kappa shape index (κ2) is 5.42. The molecule has 120 valence electrons. The Kier molecular flexibility index (Phi) is 3.37. The number of hydrogen-bond donors (Lipinski definition) is 1. The zero-order valence-corrected chi connectivity index (χ0v) is 13.2. The van der Waals surface area contributed by atoms with Crippen LogP contribution in [0.5, 0.6) is 11.5 Å². The molecule has 23 heavy (non-hydrogen) atoms. The highest BCUT2D eigenvalue weighted by Crippen LogP contribution is 2.42. The predicted molar refractivity (Wildman–Crippen MR) is 84.5 cm³/mol. The van der Waals surface area contributed by atoms with Gasteiger partial charge in [-0.15, -0.1) is 0 Å². The summed E-state index contributed by atoms with van der Waals surface area (Å²) >= 11 is 0. The van der Waals surface area contributed by atoms with E-state index >= 15 is 0 Å². The molecule has 1 aromatic heterocycles. The summed E-state index contributed by atoms with van der Waals surface area (Å²) in [6, 6.07) is 8.10. The van der Waals surface area contributed by atoms with Gasteiger partial charge in [-0.2, -0.15) is 0 Å². The fraction of sp³-hybridized carbons (Fsp3) is 0.312. The number of fused-ring (bicyclic) bond motifs is 1. The summed E-state index contributed by atoms with van der Waals surface area (Å²) in [5.41, 5.74) is 1.36. The van der Waals surface area contributed by atoms with Crippen LogP contribution in [0.25, 0.3) is 0 Å². The molecular formula is C16H16N2O4S. The predicted octanol–water partition coefficient (Wildman–Crippen LogP) is 2.53. The standard InChI is InChI=1S/C16H16N2O4S/c19-23(20,12-5-6-14-15(10-12)22-9-8-21-14)18-13-2-1-7-17-16(13)11-3-4-11/h1-2,5-7,10-11,18H,3-4,8-9H2. The number of ether oxygens (including phenoxy) is 2. The molecule has 1 aromatic carbocycles. The first-order valence-electron chi connectivity index (χ1n) is 7.51. The van der Waals surface area contributed by atoms with Crippen LogP contribution in [-0.4, -0.2) is 26.6 Å². The maximum absolute atomic E-state index is 12.6. The van der Waals surface area contributed by atoms with E-state index in [4.69, 9.17) is 9.47 Å². The minimum Gasteiger partial charge on any atom is -0.486 e. The van der Waals surface area contributed by atoms with E-state index in [-0.39, 0.29) is 4.90 Å². The van der Waals surface area contributed by atoms with Gasteiger partial charge in [0.15, 0.2) is 11.5 Å². The van der Waals surface area contributed by atoms with Crippen LogP contribution in [0.4, 0.5) is 5.69 Å². The summed E-state index contributed by atoms with van der Waals surface area (Å²) < 4.78 is 38.8. The van der Waals surface area contributed by atoms with Crippen LogP contribution < -0.4 is 14.2 Å². The number of anilines is 1. The maximum atomic E-state index is 12.6. The van der Waals surface area contributed by atoms with Crippen molar-refractivity contribution in [2.45, 2.75) is 23.7 Å². The van der Waals surface area contributed by atoms with Crippen molar-refractivity contribution in [1.82, 2.24) is 4.98 Å². The Morgan fingerprint density at radius 1 is 1.09 bits per heavy atom. The summed E-state index contributed by atoms with van der Waals surface area (Å²) in [5, 5.41) is 0. The lowest BCUT2D eigenvalue weighted by molar-refractivity contribution is 0.171. The molecule has 0 bridgehead atoms. The van der Waals surface area contributed by atoms with Crippen molar-refractivity contribution in [2.75, 3.05) is 17.9 Å². The third-order valence-electron chi connectivity index (χ3n) is 3.87. The normalized spacial score (nSPS) is 16.9. The molecule has 1 fully saturated rings. The maximum Gasteiger partial charge on any atom is 0.262 e. The topological polar surface area (TPSA) is 77.5 Å². The molecule has 1 aliphatic heterocycles. The van der Waals surface area contributed by atoms with Gasteiger partial charge >= 0.3 is 0 Å². The Morgan fingerprint density at radius 3 is 2.65 bits per heavy atom. The van der Waals surface area contributed by atoms with Crippen molar-refractivity contribution in [1.29, 1.82) is 0 Å². The van der Waals surface area contributed by atoms with Gasteiger partial charge < -0.3 is 9.47 Å². The summed E-state index contributed by atoms with van der Waals surface area (Å²) in [5.74, 6) is 1.37. The van der Waals surface area contributed by atoms with Crippen LogP contribution in [0.15, 0.2) is 41.4 Å². The molecule has 7 heteroatoms. The van der Waals surface area contributed by atoms with Crippen LogP contribution in [0.3, 0.4) is 0 Å². The largest absolute Gasteiger partial charge is 0.486 e. The summed E-state index contributed by atoms with van der Waals surface area (Å²) in [6.07, 6.45) is 3.79. The number of sulfonamides is 1. The van der Waals surface area contributed by atoms with E-state index < -0.39 is 10.0 Å². The minimum atomic E-state index is -3.70. The number of aromatic nitrogens is 1. The summed E-state index contributed by atoms with van der Waals surface area (Å²) in [6.45, 7) is 0.885. The number of benzene rings is 1. The first-order valence-corrected chi connectivity index (χ1v) is 8.99. The average molecular weight is 332 g/mol. The Balaban J connectivity index is 1.66. The molecule has 2 aromatic rings. The lowest BCUT2D eigenvalue weighted by Gasteiger charge is -2.19. The molecular weight excluding hydrogens is 316 g/mol. The lowest BCUT2D eigenvalue weighted by Crippen LogP contribution is -2.18. The van der Waals surface area contributed by atoms with Crippen molar-refractivity contribution in [2.24, 2.45) is 0 Å².